The van der Waals surface area contributed by atoms with Gasteiger partial charge in [-0.15, -0.1) is 0 Å². The molecule has 4 aromatic rings. The van der Waals surface area contributed by atoms with Gasteiger partial charge in [-0.2, -0.15) is 0 Å². The molecule has 0 aliphatic carbocycles. The average molecular weight is 601 g/mol. The second kappa shape index (κ2) is 14.4. The molecule has 1 saturated heterocycles. The molecule has 0 unspecified atom stereocenters. The van der Waals surface area contributed by atoms with Crippen molar-refractivity contribution in [2.45, 2.75) is 26.4 Å². The van der Waals surface area contributed by atoms with Gasteiger partial charge in [0.2, 0.25) is 0 Å². The molecule has 0 saturated carbocycles. The molecule has 45 heavy (non-hydrogen) atoms. The van der Waals surface area contributed by atoms with Crippen LogP contribution in [0, 0.1) is 6.92 Å². The number of nitrogens with zero attached hydrogens (tertiary/aromatic N) is 3. The molecule has 1 N–H and O–H groups in total. The first-order valence-electron chi connectivity index (χ1n) is 15.7. The molecule has 4 aromatic carbocycles. The number of rotatable bonds is 10. The van der Waals surface area contributed by atoms with E-state index in [1.54, 1.807) is 23.1 Å². The van der Waals surface area contributed by atoms with Gasteiger partial charge in [0.25, 0.3) is 11.8 Å². The van der Waals surface area contributed by atoms with Crippen LogP contribution in [-0.4, -0.2) is 60.9 Å². The first kappa shape index (κ1) is 30.3. The number of hydrogen-bond acceptors (Lipinski definition) is 5. The molecule has 6 rings (SSSR count). The van der Waals surface area contributed by atoms with Crippen LogP contribution in [0.1, 0.15) is 39.0 Å². The molecule has 2 amide bonds. The van der Waals surface area contributed by atoms with Crippen molar-refractivity contribution in [2.24, 2.45) is 0 Å². The van der Waals surface area contributed by atoms with Crippen LogP contribution in [0.25, 0.3) is 6.08 Å². The van der Waals surface area contributed by atoms with Crippen molar-refractivity contribution < 1.29 is 14.3 Å². The molecule has 0 atom stereocenters. The summed E-state index contributed by atoms with van der Waals surface area (Å²) in [5.74, 6) is 0.597. The summed E-state index contributed by atoms with van der Waals surface area (Å²) in [4.78, 5) is 33.1. The molecule has 0 bridgehead atoms. The van der Waals surface area contributed by atoms with Crippen LogP contribution in [-0.2, 0) is 17.9 Å². The summed E-state index contributed by atoms with van der Waals surface area (Å²) < 4.78 is 6.05. The lowest BCUT2D eigenvalue weighted by Crippen LogP contribution is -2.46. The van der Waals surface area contributed by atoms with E-state index in [0.717, 1.165) is 68.1 Å². The molecule has 0 spiro atoms. The van der Waals surface area contributed by atoms with Crippen LogP contribution in [0.5, 0.6) is 5.75 Å². The SMILES string of the molecule is Cc1cccc(CN2C(=O)C(=Cc3ccc(C(=O)NCCCN4CCN(Cc5ccccc5)CC4)cc3)Oc3ccccc32)c1. The summed E-state index contributed by atoms with van der Waals surface area (Å²) in [5.41, 5.74) is 5.69. The van der Waals surface area contributed by atoms with Crippen molar-refractivity contribution in [2.75, 3.05) is 44.2 Å². The molecule has 0 radical (unpaired) electrons. The summed E-state index contributed by atoms with van der Waals surface area (Å²) in [6.07, 6.45) is 2.65. The number of amides is 2. The number of hydrogen-bond donors (Lipinski definition) is 1. The Morgan fingerprint density at radius 3 is 2.29 bits per heavy atom. The fourth-order valence-electron chi connectivity index (χ4n) is 5.91. The minimum Gasteiger partial charge on any atom is -0.449 e. The largest absolute Gasteiger partial charge is 0.449 e. The van der Waals surface area contributed by atoms with E-state index in [-0.39, 0.29) is 17.6 Å². The zero-order valence-corrected chi connectivity index (χ0v) is 25.8. The lowest BCUT2D eigenvalue weighted by atomic mass is 10.1. The van der Waals surface area contributed by atoms with Crippen molar-refractivity contribution in [3.8, 4) is 5.75 Å². The van der Waals surface area contributed by atoms with Gasteiger partial charge < -0.3 is 15.0 Å². The molecule has 0 aromatic heterocycles. The van der Waals surface area contributed by atoms with Gasteiger partial charge in [0.05, 0.1) is 12.2 Å². The third kappa shape index (κ3) is 7.87. The molecule has 2 aliphatic rings. The molecular formula is C38H40N4O3. The standard InChI is InChI=1S/C38H40N4O3/c1-29-9-7-12-32(25-29)28-42-34-13-5-6-14-35(34)45-36(38(42)44)26-30-15-17-33(18-16-30)37(43)39-19-8-20-40-21-23-41(24-22-40)27-31-10-3-2-4-11-31/h2-7,9-18,25-26H,8,19-24,27-28H2,1H3,(H,39,43). The highest BCUT2D eigenvalue weighted by Gasteiger charge is 2.30. The van der Waals surface area contributed by atoms with Gasteiger partial charge in [0.15, 0.2) is 11.5 Å². The van der Waals surface area contributed by atoms with Gasteiger partial charge >= 0.3 is 0 Å². The van der Waals surface area contributed by atoms with E-state index in [0.29, 0.717) is 24.4 Å². The van der Waals surface area contributed by atoms with E-state index in [1.807, 2.05) is 61.5 Å². The maximum atomic E-state index is 13.6. The minimum absolute atomic E-state index is 0.0925. The fourth-order valence-corrected chi connectivity index (χ4v) is 5.91. The lowest BCUT2D eigenvalue weighted by molar-refractivity contribution is -0.117. The summed E-state index contributed by atoms with van der Waals surface area (Å²) in [7, 11) is 0. The third-order valence-corrected chi connectivity index (χ3v) is 8.38. The van der Waals surface area contributed by atoms with Crippen molar-refractivity contribution in [3.63, 3.8) is 0 Å². The van der Waals surface area contributed by atoms with E-state index < -0.39 is 0 Å². The second-order valence-electron chi connectivity index (χ2n) is 11.8. The number of fused-ring (bicyclic) bond motifs is 1. The Hall–Kier alpha value is -4.72. The highest BCUT2D eigenvalue weighted by molar-refractivity contribution is 6.09. The van der Waals surface area contributed by atoms with Crippen molar-refractivity contribution >= 4 is 23.6 Å². The number of carbonyl (C=O) groups excluding carboxylic acids is 2. The predicted molar refractivity (Wildman–Crippen MR) is 179 cm³/mol. The Morgan fingerprint density at radius 2 is 1.51 bits per heavy atom. The van der Waals surface area contributed by atoms with Crippen LogP contribution in [0.3, 0.4) is 0 Å². The molecule has 1 fully saturated rings. The summed E-state index contributed by atoms with van der Waals surface area (Å²) in [6, 6.07) is 33.7. The molecule has 2 aliphatic heterocycles. The Morgan fingerprint density at radius 1 is 0.800 bits per heavy atom. The number of aryl methyl sites for hydroxylation is 1. The van der Waals surface area contributed by atoms with Crippen molar-refractivity contribution in [1.82, 2.24) is 15.1 Å². The number of anilines is 1. The maximum absolute atomic E-state index is 13.6. The minimum atomic E-state index is -0.199. The topological polar surface area (TPSA) is 65.1 Å². The summed E-state index contributed by atoms with van der Waals surface area (Å²) in [5, 5.41) is 3.05. The van der Waals surface area contributed by atoms with E-state index in [4.69, 9.17) is 4.74 Å². The first-order chi connectivity index (χ1) is 22.0. The first-order valence-corrected chi connectivity index (χ1v) is 15.7. The predicted octanol–water partition coefficient (Wildman–Crippen LogP) is 5.90. The third-order valence-electron chi connectivity index (χ3n) is 8.38. The normalized spacial score (nSPS) is 16.3. The molecule has 7 heteroatoms. The quantitative estimate of drug-likeness (QED) is 0.181. The van der Waals surface area contributed by atoms with Crippen LogP contribution < -0.4 is 15.0 Å². The zero-order chi connectivity index (χ0) is 31.0. The van der Waals surface area contributed by atoms with Gasteiger partial charge in [-0.3, -0.25) is 19.4 Å². The number of ether oxygens (including phenoxy) is 1. The van der Waals surface area contributed by atoms with Gasteiger partial charge in [0, 0.05) is 44.8 Å². The van der Waals surface area contributed by atoms with Gasteiger partial charge in [-0.05, 0) is 66.9 Å². The number of carbonyl (C=O) groups is 2. The van der Waals surface area contributed by atoms with Gasteiger partial charge in [-0.25, -0.2) is 0 Å². The molecular weight excluding hydrogens is 560 g/mol. The van der Waals surface area contributed by atoms with Crippen molar-refractivity contribution in [1.29, 1.82) is 0 Å². The van der Waals surface area contributed by atoms with E-state index >= 15 is 0 Å². The van der Waals surface area contributed by atoms with E-state index in [2.05, 4.69) is 51.5 Å². The van der Waals surface area contributed by atoms with E-state index in [9.17, 15) is 9.59 Å². The Balaban J connectivity index is 0.995. The lowest BCUT2D eigenvalue weighted by Gasteiger charge is -2.34. The Labute approximate surface area is 265 Å². The zero-order valence-electron chi connectivity index (χ0n) is 25.8. The Kier molecular flexibility index (Phi) is 9.68. The highest BCUT2D eigenvalue weighted by Crippen LogP contribution is 2.36. The second-order valence-corrected chi connectivity index (χ2v) is 11.8. The number of para-hydroxylation sites is 2. The van der Waals surface area contributed by atoms with Crippen LogP contribution in [0.4, 0.5) is 5.69 Å². The molecule has 230 valence electrons. The van der Waals surface area contributed by atoms with Crippen LogP contribution >= 0.6 is 0 Å². The molecule has 7 nitrogen and oxygen atoms in total. The van der Waals surface area contributed by atoms with Gasteiger partial charge in [-0.1, -0.05) is 84.4 Å². The number of piperazine rings is 1. The van der Waals surface area contributed by atoms with Crippen LogP contribution in [0.2, 0.25) is 0 Å². The van der Waals surface area contributed by atoms with E-state index in [1.165, 1.54) is 5.56 Å². The Bertz CT molecular complexity index is 1640. The number of nitrogens with one attached hydrogen (secondary N) is 1. The monoisotopic (exact) mass is 600 g/mol. The fraction of sp³-hybridized carbons (Fsp3) is 0.263. The molecule has 2 heterocycles. The smallest absolute Gasteiger partial charge is 0.294 e. The number of benzene rings is 4. The van der Waals surface area contributed by atoms with Gasteiger partial charge in [0.1, 0.15) is 0 Å². The highest BCUT2D eigenvalue weighted by atomic mass is 16.5. The van der Waals surface area contributed by atoms with Crippen LogP contribution in [0.15, 0.2) is 109 Å². The average Bonchev–Trinajstić information content (AvgIpc) is 3.06. The summed E-state index contributed by atoms with van der Waals surface area (Å²) >= 11 is 0. The summed E-state index contributed by atoms with van der Waals surface area (Å²) in [6.45, 7) is 9.35. The van der Waals surface area contributed by atoms with Crippen molar-refractivity contribution in [3.05, 3.63) is 137 Å². The maximum Gasteiger partial charge on any atom is 0.294 e.